The van der Waals surface area contributed by atoms with E-state index in [0.717, 1.165) is 43.2 Å². The van der Waals surface area contributed by atoms with E-state index in [0.29, 0.717) is 6.04 Å². The molecule has 0 spiro atoms. The van der Waals surface area contributed by atoms with E-state index >= 15 is 0 Å². The molecule has 78 valence electrons. The van der Waals surface area contributed by atoms with E-state index in [2.05, 4.69) is 24.1 Å². The zero-order valence-electron chi connectivity index (χ0n) is 8.97. The summed E-state index contributed by atoms with van der Waals surface area (Å²) < 4.78 is 5.77. The molecule has 1 N–H and O–H groups in total. The second-order valence-corrected chi connectivity index (χ2v) is 3.78. The smallest absolute Gasteiger partial charge is 0.211 e. The third-order valence-electron chi connectivity index (χ3n) is 2.81. The number of hydrogen-bond donors (Lipinski definition) is 1. The molecule has 1 aliphatic heterocycles. The number of nitrogens with one attached hydrogen (secondary N) is 1. The van der Waals surface area contributed by atoms with Gasteiger partial charge in [-0.05, 0) is 25.8 Å². The molecule has 2 rings (SSSR count). The van der Waals surface area contributed by atoms with Crippen LogP contribution in [0.1, 0.15) is 50.1 Å². The molecular formula is C11H18N2O. The molecule has 0 bridgehead atoms. The molecule has 1 fully saturated rings. The van der Waals surface area contributed by atoms with Crippen molar-refractivity contribution in [2.45, 2.75) is 45.6 Å². The fourth-order valence-electron chi connectivity index (χ4n) is 2.00. The zero-order valence-corrected chi connectivity index (χ0v) is 8.97. The highest BCUT2D eigenvalue weighted by Crippen LogP contribution is 2.24. The molecule has 2 heterocycles. The van der Waals surface area contributed by atoms with Gasteiger partial charge in [0.25, 0.3) is 0 Å². The van der Waals surface area contributed by atoms with Gasteiger partial charge in [0.2, 0.25) is 5.89 Å². The lowest BCUT2D eigenvalue weighted by molar-refractivity contribution is 0.406. The van der Waals surface area contributed by atoms with E-state index < -0.39 is 0 Å². The van der Waals surface area contributed by atoms with Crippen LogP contribution in [0.2, 0.25) is 0 Å². The zero-order chi connectivity index (χ0) is 9.97. The van der Waals surface area contributed by atoms with Crippen LogP contribution in [0.15, 0.2) is 4.42 Å². The summed E-state index contributed by atoms with van der Waals surface area (Å²) >= 11 is 0. The summed E-state index contributed by atoms with van der Waals surface area (Å²) in [6.45, 7) is 5.34. The van der Waals surface area contributed by atoms with Gasteiger partial charge in [-0.3, -0.25) is 0 Å². The highest BCUT2D eigenvalue weighted by Gasteiger charge is 2.22. The number of oxazole rings is 1. The Kier molecular flexibility index (Phi) is 2.87. The minimum atomic E-state index is 0.362. The first-order chi connectivity index (χ1) is 6.85. The van der Waals surface area contributed by atoms with Gasteiger partial charge in [-0.25, -0.2) is 4.98 Å². The summed E-state index contributed by atoms with van der Waals surface area (Å²) in [6.07, 6.45) is 4.31. The molecule has 1 atom stereocenters. The van der Waals surface area contributed by atoms with Crippen LogP contribution in [0, 0.1) is 0 Å². The van der Waals surface area contributed by atoms with Crippen molar-refractivity contribution in [3.05, 3.63) is 17.3 Å². The van der Waals surface area contributed by atoms with Gasteiger partial charge >= 0.3 is 0 Å². The van der Waals surface area contributed by atoms with E-state index in [1.165, 1.54) is 6.42 Å². The lowest BCUT2D eigenvalue weighted by atomic mass is 10.2. The van der Waals surface area contributed by atoms with Crippen molar-refractivity contribution in [3.63, 3.8) is 0 Å². The minimum absolute atomic E-state index is 0.362. The highest BCUT2D eigenvalue weighted by molar-refractivity contribution is 5.12. The van der Waals surface area contributed by atoms with Crippen molar-refractivity contribution in [2.24, 2.45) is 0 Å². The van der Waals surface area contributed by atoms with E-state index in [1.807, 2.05) is 0 Å². The molecule has 1 aromatic heterocycles. The second kappa shape index (κ2) is 4.13. The summed E-state index contributed by atoms with van der Waals surface area (Å²) in [5.41, 5.74) is 1.14. The molecule has 0 aromatic carbocycles. The third kappa shape index (κ3) is 1.69. The van der Waals surface area contributed by atoms with Gasteiger partial charge in [0.1, 0.15) is 5.76 Å². The molecule has 0 amide bonds. The fraction of sp³-hybridized carbons (Fsp3) is 0.727. The molecule has 1 aliphatic rings. The van der Waals surface area contributed by atoms with Crippen molar-refractivity contribution >= 4 is 0 Å². The average molecular weight is 194 g/mol. The van der Waals surface area contributed by atoms with Crippen molar-refractivity contribution in [1.29, 1.82) is 0 Å². The monoisotopic (exact) mass is 194 g/mol. The van der Waals surface area contributed by atoms with Crippen LogP contribution in [-0.2, 0) is 12.8 Å². The van der Waals surface area contributed by atoms with Crippen molar-refractivity contribution in [2.75, 3.05) is 6.54 Å². The summed E-state index contributed by atoms with van der Waals surface area (Å²) in [5, 5.41) is 3.41. The molecular weight excluding hydrogens is 176 g/mol. The van der Waals surface area contributed by atoms with E-state index in [1.54, 1.807) is 0 Å². The van der Waals surface area contributed by atoms with E-state index in [-0.39, 0.29) is 0 Å². The maximum absolute atomic E-state index is 5.77. The van der Waals surface area contributed by atoms with Crippen LogP contribution in [0.3, 0.4) is 0 Å². The Morgan fingerprint density at radius 2 is 2.29 bits per heavy atom. The van der Waals surface area contributed by atoms with Crippen LogP contribution in [0.4, 0.5) is 0 Å². The molecule has 0 saturated carbocycles. The Labute approximate surface area is 84.9 Å². The number of aryl methyl sites for hydroxylation is 2. The van der Waals surface area contributed by atoms with Gasteiger partial charge in [-0.15, -0.1) is 0 Å². The third-order valence-corrected chi connectivity index (χ3v) is 2.81. The van der Waals surface area contributed by atoms with Crippen LogP contribution in [0.5, 0.6) is 0 Å². The Morgan fingerprint density at radius 1 is 1.43 bits per heavy atom. The summed E-state index contributed by atoms with van der Waals surface area (Å²) in [5.74, 6) is 1.97. The lowest BCUT2D eigenvalue weighted by Crippen LogP contribution is -2.13. The van der Waals surface area contributed by atoms with E-state index in [4.69, 9.17) is 4.42 Å². The summed E-state index contributed by atoms with van der Waals surface area (Å²) in [6, 6.07) is 0.362. The summed E-state index contributed by atoms with van der Waals surface area (Å²) in [7, 11) is 0. The molecule has 0 radical (unpaired) electrons. The van der Waals surface area contributed by atoms with Crippen LogP contribution in [0.25, 0.3) is 0 Å². The first-order valence-corrected chi connectivity index (χ1v) is 5.57. The normalized spacial score (nSPS) is 21.7. The number of hydrogen-bond acceptors (Lipinski definition) is 3. The Hall–Kier alpha value is -0.830. The number of rotatable bonds is 3. The molecule has 0 aliphatic carbocycles. The Balaban J connectivity index is 2.21. The number of aromatic nitrogens is 1. The van der Waals surface area contributed by atoms with Crippen molar-refractivity contribution < 1.29 is 4.42 Å². The van der Waals surface area contributed by atoms with Crippen molar-refractivity contribution in [3.8, 4) is 0 Å². The van der Waals surface area contributed by atoms with E-state index in [9.17, 15) is 0 Å². The maximum atomic E-state index is 5.77. The van der Waals surface area contributed by atoms with Crippen LogP contribution in [-0.4, -0.2) is 11.5 Å². The lowest BCUT2D eigenvalue weighted by Gasteiger charge is -2.03. The molecule has 1 saturated heterocycles. The standard InChI is InChI=1S/C11H18N2O/c1-3-8-10(4-2)14-11(13-8)9-6-5-7-12-9/h9,12H,3-7H2,1-2H3. The second-order valence-electron chi connectivity index (χ2n) is 3.78. The van der Waals surface area contributed by atoms with Crippen LogP contribution >= 0.6 is 0 Å². The van der Waals surface area contributed by atoms with Gasteiger partial charge in [0, 0.05) is 6.42 Å². The Bertz CT molecular complexity index is 279. The Morgan fingerprint density at radius 3 is 2.79 bits per heavy atom. The average Bonchev–Trinajstić information content (AvgIpc) is 2.85. The van der Waals surface area contributed by atoms with Gasteiger partial charge in [0.05, 0.1) is 11.7 Å². The van der Waals surface area contributed by atoms with Crippen molar-refractivity contribution in [1.82, 2.24) is 10.3 Å². The molecule has 3 heteroatoms. The van der Waals surface area contributed by atoms with Gasteiger partial charge < -0.3 is 9.73 Å². The van der Waals surface area contributed by atoms with Gasteiger partial charge in [-0.2, -0.15) is 0 Å². The first-order valence-electron chi connectivity index (χ1n) is 5.57. The minimum Gasteiger partial charge on any atom is -0.444 e. The van der Waals surface area contributed by atoms with Gasteiger partial charge in [0.15, 0.2) is 0 Å². The molecule has 3 nitrogen and oxygen atoms in total. The maximum Gasteiger partial charge on any atom is 0.211 e. The highest BCUT2D eigenvalue weighted by atomic mass is 16.4. The molecule has 1 unspecified atom stereocenters. The topological polar surface area (TPSA) is 38.1 Å². The first kappa shape index (κ1) is 9.71. The summed E-state index contributed by atoms with van der Waals surface area (Å²) in [4.78, 5) is 4.55. The molecule has 14 heavy (non-hydrogen) atoms. The predicted molar refractivity (Wildman–Crippen MR) is 55.2 cm³/mol. The van der Waals surface area contributed by atoms with Crippen LogP contribution < -0.4 is 5.32 Å². The number of nitrogens with zero attached hydrogens (tertiary/aromatic N) is 1. The predicted octanol–water partition coefficient (Wildman–Crippen LogP) is 2.22. The quantitative estimate of drug-likeness (QED) is 0.801. The largest absolute Gasteiger partial charge is 0.444 e. The van der Waals surface area contributed by atoms with Gasteiger partial charge in [-0.1, -0.05) is 13.8 Å². The SMILES string of the molecule is CCc1nc(C2CCCN2)oc1CC. The molecule has 1 aromatic rings. The fourth-order valence-corrected chi connectivity index (χ4v) is 2.00.